The van der Waals surface area contributed by atoms with Crippen LogP contribution in [0.4, 0.5) is 0 Å². The highest BCUT2D eigenvalue weighted by Gasteiger charge is 2.25. The second-order valence-corrected chi connectivity index (χ2v) is 7.62. The lowest BCUT2D eigenvalue weighted by Crippen LogP contribution is -2.47. The van der Waals surface area contributed by atoms with Gasteiger partial charge in [0.25, 0.3) is 15.0 Å². The fourth-order valence-electron chi connectivity index (χ4n) is 1.84. The summed E-state index contributed by atoms with van der Waals surface area (Å²) in [6, 6.07) is 1.27. The van der Waals surface area contributed by atoms with Gasteiger partial charge >= 0.3 is 0 Å². The molecule has 0 atom stereocenters. The first-order chi connectivity index (χ1) is 9.10. The average molecular weight is 323 g/mol. The molecular weight excluding hydrogens is 304 g/mol. The Balaban J connectivity index is 3.07. The van der Waals surface area contributed by atoms with Crippen LogP contribution < -0.4 is 5.32 Å². The lowest BCUT2D eigenvalue weighted by Gasteiger charge is -2.25. The van der Waals surface area contributed by atoms with Gasteiger partial charge < -0.3 is 14.6 Å². The molecule has 0 aliphatic heterocycles. The zero-order valence-corrected chi connectivity index (χ0v) is 13.5. The molecule has 20 heavy (non-hydrogen) atoms. The molecule has 0 bridgehead atoms. The van der Waals surface area contributed by atoms with Crippen molar-refractivity contribution < 1.29 is 17.9 Å². The number of nitrogens with zero attached hydrogens (tertiary/aromatic N) is 1. The normalized spacial score (nSPS) is 12.4. The van der Waals surface area contributed by atoms with Crippen LogP contribution in [0.2, 0.25) is 0 Å². The zero-order valence-electron chi connectivity index (χ0n) is 11.9. The third-order valence-corrected chi connectivity index (χ3v) is 4.00. The van der Waals surface area contributed by atoms with Crippen molar-refractivity contribution in [3.63, 3.8) is 0 Å². The molecule has 1 aromatic rings. The first-order valence-corrected chi connectivity index (χ1v) is 8.38. The highest BCUT2D eigenvalue weighted by molar-refractivity contribution is 8.13. The number of ether oxygens (including phenoxy) is 1. The van der Waals surface area contributed by atoms with Gasteiger partial charge in [0.1, 0.15) is 10.6 Å². The summed E-state index contributed by atoms with van der Waals surface area (Å²) in [4.78, 5) is 12.1. The molecule has 1 heterocycles. The number of aromatic nitrogens is 1. The second-order valence-electron chi connectivity index (χ2n) is 5.06. The maximum Gasteiger partial charge on any atom is 0.268 e. The van der Waals surface area contributed by atoms with Crippen molar-refractivity contribution in [1.29, 1.82) is 0 Å². The Labute approximate surface area is 123 Å². The van der Waals surface area contributed by atoms with Gasteiger partial charge in [-0.1, -0.05) is 0 Å². The van der Waals surface area contributed by atoms with Crippen LogP contribution in [0, 0.1) is 0 Å². The van der Waals surface area contributed by atoms with E-state index < -0.39 is 14.6 Å². The number of carbonyl (C=O) groups is 1. The van der Waals surface area contributed by atoms with E-state index in [-0.39, 0.29) is 16.5 Å². The van der Waals surface area contributed by atoms with Crippen molar-refractivity contribution in [2.45, 2.75) is 37.8 Å². The Hall–Kier alpha value is -1.05. The Bertz CT molecular complexity index is 593. The maximum absolute atomic E-state index is 12.2. The predicted molar refractivity (Wildman–Crippen MR) is 76.6 cm³/mol. The summed E-state index contributed by atoms with van der Waals surface area (Å²) in [5, 5.41) is 2.79. The number of hydrogen-bond acceptors (Lipinski definition) is 4. The number of hydrogen-bond donors (Lipinski definition) is 1. The summed E-state index contributed by atoms with van der Waals surface area (Å²) in [5.41, 5.74) is -0.315. The molecule has 6 nitrogen and oxygen atoms in total. The topological polar surface area (TPSA) is 77.4 Å². The van der Waals surface area contributed by atoms with E-state index in [9.17, 15) is 13.2 Å². The van der Waals surface area contributed by atoms with Gasteiger partial charge in [0, 0.05) is 30.5 Å². The van der Waals surface area contributed by atoms with Crippen LogP contribution in [0.1, 0.15) is 31.3 Å². The summed E-state index contributed by atoms with van der Waals surface area (Å²) in [6.45, 7) is 6.23. The molecule has 0 unspecified atom stereocenters. The molecular formula is C12H19ClN2O4S. The highest BCUT2D eigenvalue weighted by Crippen LogP contribution is 2.19. The van der Waals surface area contributed by atoms with Crippen molar-refractivity contribution in [3.8, 4) is 0 Å². The molecule has 8 heteroatoms. The minimum Gasteiger partial charge on any atom is -0.382 e. The summed E-state index contributed by atoms with van der Waals surface area (Å²) >= 11 is 0. The van der Waals surface area contributed by atoms with E-state index in [0.29, 0.717) is 13.2 Å². The fraction of sp³-hybridized carbons (Fsp3) is 0.583. The Morgan fingerprint density at radius 2 is 2.10 bits per heavy atom. The molecule has 0 fully saturated rings. The molecule has 0 aromatic carbocycles. The van der Waals surface area contributed by atoms with Gasteiger partial charge in [-0.3, -0.25) is 4.79 Å². The third kappa shape index (κ3) is 4.22. The summed E-state index contributed by atoms with van der Waals surface area (Å²) in [7, 11) is 2.98. The van der Waals surface area contributed by atoms with Gasteiger partial charge in [-0.2, -0.15) is 0 Å². The first kappa shape index (κ1) is 17.0. The van der Waals surface area contributed by atoms with E-state index >= 15 is 0 Å². The van der Waals surface area contributed by atoms with Gasteiger partial charge in [0.05, 0.1) is 12.1 Å². The van der Waals surface area contributed by atoms with E-state index in [2.05, 4.69) is 5.32 Å². The molecule has 0 aliphatic rings. The van der Waals surface area contributed by atoms with Gasteiger partial charge in [-0.05, 0) is 26.8 Å². The minimum absolute atomic E-state index is 0.0873. The number of nitrogens with one attached hydrogen (secondary N) is 1. The molecule has 0 aliphatic carbocycles. The molecule has 0 saturated carbocycles. The summed E-state index contributed by atoms with van der Waals surface area (Å²) in [5.74, 6) is -0.375. The molecule has 0 spiro atoms. The molecule has 1 rings (SSSR count). The van der Waals surface area contributed by atoms with Crippen molar-refractivity contribution in [3.05, 3.63) is 18.0 Å². The minimum atomic E-state index is -3.86. The Morgan fingerprint density at radius 1 is 1.50 bits per heavy atom. The van der Waals surface area contributed by atoms with Crippen LogP contribution in [-0.2, 0) is 20.3 Å². The molecule has 1 N–H and O–H groups in total. The van der Waals surface area contributed by atoms with E-state index in [1.165, 1.54) is 16.8 Å². The van der Waals surface area contributed by atoms with Crippen LogP contribution in [0.25, 0.3) is 0 Å². The van der Waals surface area contributed by atoms with Crippen LogP contribution >= 0.6 is 10.7 Å². The lowest BCUT2D eigenvalue weighted by molar-refractivity contribution is 0.0811. The van der Waals surface area contributed by atoms with Gasteiger partial charge in [0.2, 0.25) is 0 Å². The van der Waals surface area contributed by atoms with E-state index in [1.54, 1.807) is 7.11 Å². The van der Waals surface area contributed by atoms with E-state index in [1.807, 2.05) is 20.8 Å². The van der Waals surface area contributed by atoms with Gasteiger partial charge in [-0.15, -0.1) is 0 Å². The van der Waals surface area contributed by atoms with Crippen LogP contribution in [0.15, 0.2) is 17.2 Å². The highest BCUT2D eigenvalue weighted by atomic mass is 35.7. The fourth-order valence-corrected chi connectivity index (χ4v) is 2.60. The Morgan fingerprint density at radius 3 is 2.55 bits per heavy atom. The quantitative estimate of drug-likeness (QED) is 0.807. The van der Waals surface area contributed by atoms with Gasteiger partial charge in [-0.25, -0.2) is 8.42 Å². The van der Waals surface area contributed by atoms with Crippen molar-refractivity contribution in [2.24, 2.45) is 0 Å². The largest absolute Gasteiger partial charge is 0.382 e. The monoisotopic (exact) mass is 322 g/mol. The number of methoxy groups -OCH3 is 1. The Kier molecular flexibility index (Phi) is 5.23. The lowest BCUT2D eigenvalue weighted by atomic mass is 10.1. The van der Waals surface area contributed by atoms with Crippen molar-refractivity contribution >= 4 is 25.6 Å². The zero-order chi connectivity index (χ0) is 15.6. The van der Waals surface area contributed by atoms with Crippen LogP contribution in [0.3, 0.4) is 0 Å². The van der Waals surface area contributed by atoms with Gasteiger partial charge in [0.15, 0.2) is 0 Å². The molecule has 0 radical (unpaired) electrons. The summed E-state index contributed by atoms with van der Waals surface area (Å²) < 4.78 is 29.2. The predicted octanol–water partition coefficient (Wildman–Crippen LogP) is 1.59. The molecule has 114 valence electrons. The second kappa shape index (κ2) is 6.15. The molecule has 1 aromatic heterocycles. The van der Waals surface area contributed by atoms with Crippen LogP contribution in [-0.4, -0.2) is 38.1 Å². The number of halogens is 1. The standard InChI is InChI=1S/C12H19ClN2O4S/c1-5-15-7-9(20(13,17)18)6-10(15)11(16)14-12(2,3)8-19-4/h6-7H,5,8H2,1-4H3,(H,14,16). The van der Waals surface area contributed by atoms with Crippen molar-refractivity contribution in [1.82, 2.24) is 9.88 Å². The average Bonchev–Trinajstić information content (AvgIpc) is 2.71. The number of amides is 1. The van der Waals surface area contributed by atoms with E-state index in [4.69, 9.17) is 15.4 Å². The smallest absolute Gasteiger partial charge is 0.268 e. The van der Waals surface area contributed by atoms with E-state index in [0.717, 1.165) is 0 Å². The van der Waals surface area contributed by atoms with Crippen LogP contribution in [0.5, 0.6) is 0 Å². The third-order valence-electron chi connectivity index (χ3n) is 2.68. The summed E-state index contributed by atoms with van der Waals surface area (Å²) in [6.07, 6.45) is 1.35. The number of aryl methyl sites for hydroxylation is 1. The number of rotatable bonds is 6. The molecule has 0 saturated heterocycles. The molecule has 1 amide bonds. The maximum atomic E-state index is 12.2. The SMILES string of the molecule is CCn1cc(S(=O)(=O)Cl)cc1C(=O)NC(C)(C)COC. The number of carbonyl (C=O) groups excluding carboxylic acids is 1. The van der Waals surface area contributed by atoms with Crippen molar-refractivity contribution in [2.75, 3.05) is 13.7 Å². The first-order valence-electron chi connectivity index (χ1n) is 6.07.